The molecular formula is C13H15NO2S2. The molecule has 1 aromatic heterocycles. The lowest BCUT2D eigenvalue weighted by Crippen LogP contribution is -2.26. The van der Waals surface area contributed by atoms with Gasteiger partial charge in [-0.05, 0) is 36.1 Å². The van der Waals surface area contributed by atoms with Crippen LogP contribution in [-0.2, 0) is 16.6 Å². The van der Waals surface area contributed by atoms with Crippen molar-refractivity contribution in [1.82, 2.24) is 4.31 Å². The zero-order valence-electron chi connectivity index (χ0n) is 10.3. The Kier molecular flexibility index (Phi) is 3.85. The number of hydrogen-bond donors (Lipinski definition) is 0. The highest BCUT2D eigenvalue weighted by atomic mass is 32.2. The van der Waals surface area contributed by atoms with Crippen LogP contribution < -0.4 is 0 Å². The van der Waals surface area contributed by atoms with Crippen molar-refractivity contribution in [2.75, 3.05) is 7.05 Å². The number of rotatable bonds is 4. The van der Waals surface area contributed by atoms with Crippen LogP contribution in [-0.4, -0.2) is 19.8 Å². The van der Waals surface area contributed by atoms with Crippen LogP contribution in [0.2, 0.25) is 0 Å². The maximum absolute atomic E-state index is 12.3. The predicted molar refractivity (Wildman–Crippen MR) is 74.2 cm³/mol. The molecule has 0 N–H and O–H groups in total. The molecule has 2 aromatic rings. The standard InChI is InChI=1S/C13H15NO2S2/c1-11-5-3-7-13(9-11)18(15,16)14(2)10-12-6-4-8-17-12/h3-9H,10H2,1-2H3. The van der Waals surface area contributed by atoms with Crippen molar-refractivity contribution < 1.29 is 8.42 Å². The summed E-state index contributed by atoms with van der Waals surface area (Å²) in [7, 11) is -1.79. The van der Waals surface area contributed by atoms with E-state index in [1.807, 2.05) is 30.5 Å². The molecule has 1 heterocycles. The van der Waals surface area contributed by atoms with Crippen LogP contribution in [0.3, 0.4) is 0 Å². The van der Waals surface area contributed by atoms with Crippen LogP contribution >= 0.6 is 11.3 Å². The third kappa shape index (κ3) is 2.80. The Hall–Kier alpha value is -1.17. The Morgan fingerprint density at radius 2 is 2.00 bits per heavy atom. The van der Waals surface area contributed by atoms with Crippen molar-refractivity contribution in [3.05, 3.63) is 52.2 Å². The Balaban J connectivity index is 2.25. The van der Waals surface area contributed by atoms with Crippen molar-refractivity contribution in [2.24, 2.45) is 0 Å². The maximum atomic E-state index is 12.3. The summed E-state index contributed by atoms with van der Waals surface area (Å²) in [4.78, 5) is 1.38. The number of nitrogens with zero attached hydrogens (tertiary/aromatic N) is 1. The zero-order chi connectivity index (χ0) is 13.2. The molecule has 0 fully saturated rings. The molecule has 2 rings (SSSR count). The minimum Gasteiger partial charge on any atom is -0.207 e. The molecule has 0 aliphatic heterocycles. The lowest BCUT2D eigenvalue weighted by atomic mass is 10.2. The van der Waals surface area contributed by atoms with Crippen LogP contribution in [0.1, 0.15) is 10.4 Å². The minimum absolute atomic E-state index is 0.349. The van der Waals surface area contributed by atoms with Crippen LogP contribution in [0, 0.1) is 6.92 Å². The third-order valence-electron chi connectivity index (χ3n) is 2.66. The second-order valence-corrected chi connectivity index (χ2v) is 7.23. The van der Waals surface area contributed by atoms with Crippen LogP contribution in [0.4, 0.5) is 0 Å². The second-order valence-electron chi connectivity index (χ2n) is 4.16. The van der Waals surface area contributed by atoms with Crippen LogP contribution in [0.15, 0.2) is 46.7 Å². The highest BCUT2D eigenvalue weighted by Crippen LogP contribution is 2.19. The summed E-state index contributed by atoms with van der Waals surface area (Å²) in [5, 5.41) is 1.95. The fourth-order valence-electron chi connectivity index (χ4n) is 1.66. The quantitative estimate of drug-likeness (QED) is 0.864. The first-order valence-electron chi connectivity index (χ1n) is 5.55. The molecule has 3 nitrogen and oxygen atoms in total. The number of thiophene rings is 1. The topological polar surface area (TPSA) is 37.4 Å². The molecule has 0 unspecified atom stereocenters. The summed E-state index contributed by atoms with van der Waals surface area (Å²) in [6.07, 6.45) is 0. The van der Waals surface area contributed by atoms with Gasteiger partial charge in [0.2, 0.25) is 10.0 Å². The van der Waals surface area contributed by atoms with E-state index in [1.54, 1.807) is 36.6 Å². The summed E-state index contributed by atoms with van der Waals surface area (Å²) in [5.41, 5.74) is 0.945. The van der Waals surface area contributed by atoms with E-state index in [4.69, 9.17) is 0 Å². The van der Waals surface area contributed by atoms with Gasteiger partial charge in [-0.2, -0.15) is 4.31 Å². The Morgan fingerprint density at radius 3 is 2.61 bits per heavy atom. The van der Waals surface area contributed by atoms with Gasteiger partial charge in [-0.3, -0.25) is 0 Å². The van der Waals surface area contributed by atoms with Crippen LogP contribution in [0.5, 0.6) is 0 Å². The van der Waals surface area contributed by atoms with E-state index in [-0.39, 0.29) is 0 Å². The largest absolute Gasteiger partial charge is 0.243 e. The molecule has 0 spiro atoms. The summed E-state index contributed by atoms with van der Waals surface area (Å²) in [6, 6.07) is 10.8. The molecule has 18 heavy (non-hydrogen) atoms. The molecule has 1 aromatic carbocycles. The molecule has 5 heteroatoms. The number of aryl methyl sites for hydroxylation is 1. The lowest BCUT2D eigenvalue weighted by Gasteiger charge is -2.16. The first kappa shape index (κ1) is 13.3. The molecule has 0 amide bonds. The molecule has 96 valence electrons. The molecule has 0 aliphatic carbocycles. The highest BCUT2D eigenvalue weighted by molar-refractivity contribution is 7.89. The molecule has 0 atom stereocenters. The fourth-order valence-corrected chi connectivity index (χ4v) is 3.76. The number of hydrogen-bond acceptors (Lipinski definition) is 3. The zero-order valence-corrected chi connectivity index (χ0v) is 12.0. The summed E-state index contributed by atoms with van der Waals surface area (Å²) < 4.78 is 26.1. The van der Waals surface area contributed by atoms with Gasteiger partial charge in [0.15, 0.2) is 0 Å². The van der Waals surface area contributed by atoms with Crippen molar-refractivity contribution >= 4 is 21.4 Å². The van der Waals surface area contributed by atoms with Gasteiger partial charge in [0, 0.05) is 18.5 Å². The Bertz CT molecular complexity index is 618. The molecule has 0 saturated carbocycles. The van der Waals surface area contributed by atoms with Gasteiger partial charge in [-0.25, -0.2) is 8.42 Å². The van der Waals surface area contributed by atoms with E-state index in [1.165, 1.54) is 4.31 Å². The first-order valence-corrected chi connectivity index (χ1v) is 7.87. The van der Waals surface area contributed by atoms with E-state index >= 15 is 0 Å². The van der Waals surface area contributed by atoms with E-state index in [0.717, 1.165) is 10.4 Å². The average molecular weight is 281 g/mol. The average Bonchev–Trinajstić information content (AvgIpc) is 2.81. The molecule has 0 radical (unpaired) electrons. The van der Waals surface area contributed by atoms with E-state index in [2.05, 4.69) is 0 Å². The van der Waals surface area contributed by atoms with Crippen molar-refractivity contribution in [3.8, 4) is 0 Å². The van der Waals surface area contributed by atoms with Crippen molar-refractivity contribution in [1.29, 1.82) is 0 Å². The smallest absolute Gasteiger partial charge is 0.207 e. The highest BCUT2D eigenvalue weighted by Gasteiger charge is 2.20. The van der Waals surface area contributed by atoms with Gasteiger partial charge in [0.1, 0.15) is 0 Å². The van der Waals surface area contributed by atoms with Gasteiger partial charge in [-0.1, -0.05) is 18.2 Å². The van der Waals surface area contributed by atoms with Gasteiger partial charge < -0.3 is 0 Å². The fraction of sp³-hybridized carbons (Fsp3) is 0.231. The summed E-state index contributed by atoms with van der Waals surface area (Å²) in [5.74, 6) is 0. The van der Waals surface area contributed by atoms with Gasteiger partial charge in [-0.15, -0.1) is 11.3 Å². The van der Waals surface area contributed by atoms with Gasteiger partial charge in [0.25, 0.3) is 0 Å². The molecule has 0 aliphatic rings. The third-order valence-corrected chi connectivity index (χ3v) is 5.32. The summed E-state index contributed by atoms with van der Waals surface area (Å²) >= 11 is 1.56. The number of sulfonamides is 1. The van der Waals surface area contributed by atoms with Crippen molar-refractivity contribution in [3.63, 3.8) is 0 Å². The van der Waals surface area contributed by atoms with Gasteiger partial charge in [0.05, 0.1) is 4.90 Å². The molecule has 0 bridgehead atoms. The predicted octanol–water partition coefficient (Wildman–Crippen LogP) is 2.88. The maximum Gasteiger partial charge on any atom is 0.243 e. The lowest BCUT2D eigenvalue weighted by molar-refractivity contribution is 0.469. The van der Waals surface area contributed by atoms with Gasteiger partial charge >= 0.3 is 0 Å². The first-order chi connectivity index (χ1) is 8.50. The van der Waals surface area contributed by atoms with E-state index in [0.29, 0.717) is 11.4 Å². The minimum atomic E-state index is -3.40. The Morgan fingerprint density at radius 1 is 1.22 bits per heavy atom. The van der Waals surface area contributed by atoms with Crippen LogP contribution in [0.25, 0.3) is 0 Å². The Labute approximate surface area is 112 Å². The molecular weight excluding hydrogens is 266 g/mol. The summed E-state index contributed by atoms with van der Waals surface area (Å²) in [6.45, 7) is 2.30. The van der Waals surface area contributed by atoms with E-state index < -0.39 is 10.0 Å². The van der Waals surface area contributed by atoms with E-state index in [9.17, 15) is 8.42 Å². The monoisotopic (exact) mass is 281 g/mol. The van der Waals surface area contributed by atoms with Crippen molar-refractivity contribution in [2.45, 2.75) is 18.4 Å². The number of benzene rings is 1. The molecule has 0 saturated heterocycles. The SMILES string of the molecule is Cc1cccc(S(=O)(=O)N(C)Cc2cccs2)c1. The second kappa shape index (κ2) is 5.22. The normalized spacial score (nSPS) is 11.9.